The Labute approximate surface area is 233 Å². The topological polar surface area (TPSA) is 65.0 Å². The van der Waals surface area contributed by atoms with Crippen molar-refractivity contribution in [1.82, 2.24) is 0 Å². The minimum Gasteiger partial charge on any atom is -0.463 e. The van der Waals surface area contributed by atoms with E-state index in [0.717, 1.165) is 38.7 Å². The summed E-state index contributed by atoms with van der Waals surface area (Å²) in [5.41, 5.74) is -0.0365. The first-order chi connectivity index (χ1) is 16.9. The Kier molecular flexibility index (Phi) is 6.56. The highest BCUT2D eigenvalue weighted by molar-refractivity contribution is 9.09. The van der Waals surface area contributed by atoms with Gasteiger partial charge in [0, 0.05) is 29.0 Å². The maximum atomic E-state index is 12.2. The average Bonchev–Trinajstić information content (AvgIpc) is 3.26. The van der Waals surface area contributed by atoms with Gasteiger partial charge in [-0.1, -0.05) is 59.6 Å². The molecule has 2 aliphatic heterocycles. The third kappa shape index (κ3) is 3.50. The van der Waals surface area contributed by atoms with Gasteiger partial charge in [0.1, 0.15) is 6.10 Å². The van der Waals surface area contributed by atoms with Crippen LogP contribution in [-0.2, 0) is 19.0 Å². The van der Waals surface area contributed by atoms with Gasteiger partial charge in [0.15, 0.2) is 5.79 Å². The molecule has 1 N–H and O–H groups in total. The molecule has 0 aromatic rings. The van der Waals surface area contributed by atoms with Gasteiger partial charge in [-0.25, -0.2) is 0 Å². The van der Waals surface area contributed by atoms with Crippen molar-refractivity contribution in [1.29, 1.82) is 0 Å². The summed E-state index contributed by atoms with van der Waals surface area (Å²) in [7, 11) is 0. The van der Waals surface area contributed by atoms with Gasteiger partial charge in [0.25, 0.3) is 0 Å². The summed E-state index contributed by atoms with van der Waals surface area (Å²) >= 11 is 8.09. The monoisotopic (exact) mass is 630 g/mol. The number of fused-ring (bicyclic) bond motifs is 7. The molecule has 2 saturated heterocycles. The van der Waals surface area contributed by atoms with E-state index in [9.17, 15) is 9.90 Å². The first-order valence-corrected chi connectivity index (χ1v) is 16.2. The van der Waals surface area contributed by atoms with Crippen molar-refractivity contribution in [2.45, 2.75) is 113 Å². The van der Waals surface area contributed by atoms with E-state index in [1.54, 1.807) is 0 Å². The zero-order valence-electron chi connectivity index (χ0n) is 22.4. The van der Waals surface area contributed by atoms with Crippen LogP contribution in [0.15, 0.2) is 0 Å². The molecule has 1 spiro atoms. The van der Waals surface area contributed by atoms with Crippen molar-refractivity contribution >= 4 is 37.8 Å². The van der Waals surface area contributed by atoms with Crippen LogP contribution in [0.25, 0.3) is 0 Å². The number of ether oxygens (including phenoxy) is 3. The summed E-state index contributed by atoms with van der Waals surface area (Å²) in [6.45, 7) is 11.7. The quantitative estimate of drug-likeness (QED) is 0.281. The van der Waals surface area contributed by atoms with E-state index in [2.05, 4.69) is 59.6 Å². The molecule has 0 bridgehead atoms. The van der Waals surface area contributed by atoms with Gasteiger partial charge >= 0.3 is 5.97 Å². The van der Waals surface area contributed by atoms with E-state index < -0.39 is 11.9 Å². The normalized spacial score (nSPS) is 60.1. The summed E-state index contributed by atoms with van der Waals surface area (Å²) < 4.78 is 19.1. The third-order valence-corrected chi connectivity index (χ3v) is 14.3. The molecule has 15 atom stereocenters. The van der Waals surface area contributed by atoms with Crippen molar-refractivity contribution in [2.75, 3.05) is 6.61 Å². The molecule has 0 aromatic heterocycles. The summed E-state index contributed by atoms with van der Waals surface area (Å²) in [6, 6.07) is 0. The highest BCUT2D eigenvalue weighted by Gasteiger charge is 2.74. The number of aliphatic hydroxyl groups excluding tert-OH is 1. The standard InChI is InChI=1S/C29H44Br2O5/c1-14-10-22(30)29(34-13-14)15(2)23-21(36-29)12-20-19-7-6-17-11-18(35-16(3)32)8-9-27(17,4)24(19)25(31)26(33)28(20,23)5/h14-15,17-26,33H,6-13H2,1-5H3/t14?,15-,17-,18-,19?,20?,21?,22?,23?,24?,25-,26+,27-,28-,29-/m0/s1. The minimum absolute atomic E-state index is 0.0522. The molecule has 0 radical (unpaired) electrons. The second-order valence-corrected chi connectivity index (χ2v) is 16.0. The van der Waals surface area contributed by atoms with E-state index in [1.165, 1.54) is 19.8 Å². The van der Waals surface area contributed by atoms with Gasteiger partial charge in [-0.2, -0.15) is 0 Å². The van der Waals surface area contributed by atoms with Crippen molar-refractivity contribution in [3.05, 3.63) is 0 Å². The molecule has 2 heterocycles. The van der Waals surface area contributed by atoms with Crippen molar-refractivity contribution < 1.29 is 24.1 Å². The number of carbonyl (C=O) groups excluding carboxylic acids is 1. The lowest BCUT2D eigenvalue weighted by Crippen LogP contribution is -2.64. The predicted octanol–water partition coefficient (Wildman–Crippen LogP) is 6.08. The minimum atomic E-state index is -0.576. The third-order valence-electron chi connectivity index (χ3n) is 12.2. The predicted molar refractivity (Wildman–Crippen MR) is 145 cm³/mol. The van der Waals surface area contributed by atoms with Crippen molar-refractivity contribution in [3.63, 3.8) is 0 Å². The largest absolute Gasteiger partial charge is 0.463 e. The molecule has 0 amide bonds. The molecule has 0 aromatic carbocycles. The van der Waals surface area contributed by atoms with Crippen LogP contribution in [0.5, 0.6) is 0 Å². The molecule has 7 unspecified atom stereocenters. The van der Waals surface area contributed by atoms with Gasteiger partial charge in [0.2, 0.25) is 0 Å². The highest BCUT2D eigenvalue weighted by Crippen LogP contribution is 2.72. The fraction of sp³-hybridized carbons (Fsp3) is 0.966. The average molecular weight is 632 g/mol. The lowest BCUT2D eigenvalue weighted by Gasteiger charge is -2.64. The van der Waals surface area contributed by atoms with Crippen LogP contribution in [0.2, 0.25) is 0 Å². The molecule has 4 aliphatic carbocycles. The number of halogens is 2. The maximum Gasteiger partial charge on any atom is 0.302 e. The molecule has 36 heavy (non-hydrogen) atoms. The number of carbonyl (C=O) groups is 1. The van der Waals surface area contributed by atoms with Crippen LogP contribution in [0.4, 0.5) is 0 Å². The Bertz CT molecular complexity index is 901. The van der Waals surface area contributed by atoms with E-state index in [4.69, 9.17) is 14.2 Å². The SMILES string of the molecule is CC(=O)O[C@H]1CC[C@]2(C)C3C(CC[C@H]2C1)C1CC2O[C@@]4(OCC(C)CC4Br)[C@@H](C)C2[C@@]1(C)[C@H](O)[C@H]3Br. The summed E-state index contributed by atoms with van der Waals surface area (Å²) in [5.74, 6) is 2.32. The molecule has 6 rings (SSSR count). The number of rotatable bonds is 1. The van der Waals surface area contributed by atoms with Gasteiger partial charge < -0.3 is 19.3 Å². The smallest absolute Gasteiger partial charge is 0.302 e. The molecule has 5 nitrogen and oxygen atoms in total. The van der Waals surface area contributed by atoms with E-state index >= 15 is 0 Å². The van der Waals surface area contributed by atoms with E-state index in [0.29, 0.717) is 29.6 Å². The zero-order valence-corrected chi connectivity index (χ0v) is 25.6. The number of esters is 1. The first kappa shape index (κ1) is 26.5. The number of hydrogen-bond donors (Lipinski definition) is 1. The summed E-state index contributed by atoms with van der Waals surface area (Å²) in [5, 5.41) is 12.2. The Balaban J connectivity index is 1.29. The highest BCUT2D eigenvalue weighted by atomic mass is 79.9. The summed E-state index contributed by atoms with van der Waals surface area (Å²) in [6.07, 6.45) is 7.22. The molecule has 4 saturated carbocycles. The van der Waals surface area contributed by atoms with E-state index in [1.807, 2.05) is 0 Å². The lowest BCUT2D eigenvalue weighted by atomic mass is 9.43. The number of aliphatic hydroxyl groups is 1. The van der Waals surface area contributed by atoms with Gasteiger partial charge in [-0.05, 0) is 80.0 Å². The Morgan fingerprint density at radius 2 is 1.81 bits per heavy atom. The summed E-state index contributed by atoms with van der Waals surface area (Å²) in [4.78, 5) is 11.9. The molecular weight excluding hydrogens is 588 g/mol. The maximum absolute atomic E-state index is 12.2. The Hall–Kier alpha value is 0.310. The van der Waals surface area contributed by atoms with Crippen molar-refractivity contribution in [3.8, 4) is 0 Å². The molecule has 6 fully saturated rings. The molecular formula is C29H44Br2O5. The van der Waals surface area contributed by atoms with Gasteiger partial charge in [0.05, 0.1) is 23.6 Å². The fourth-order valence-corrected chi connectivity index (χ4v) is 13.5. The lowest BCUT2D eigenvalue weighted by molar-refractivity contribution is -0.268. The fourth-order valence-electron chi connectivity index (χ4n) is 10.7. The molecule has 6 aliphatic rings. The molecule has 7 heteroatoms. The van der Waals surface area contributed by atoms with Crippen LogP contribution in [-0.4, -0.2) is 51.4 Å². The number of alkyl halides is 2. The van der Waals surface area contributed by atoms with Crippen LogP contribution in [0.1, 0.15) is 79.6 Å². The van der Waals surface area contributed by atoms with Gasteiger partial charge in [-0.3, -0.25) is 4.79 Å². The van der Waals surface area contributed by atoms with Crippen LogP contribution in [0.3, 0.4) is 0 Å². The number of hydrogen-bond acceptors (Lipinski definition) is 5. The Morgan fingerprint density at radius 1 is 1.06 bits per heavy atom. The Morgan fingerprint density at radius 3 is 2.50 bits per heavy atom. The first-order valence-electron chi connectivity index (χ1n) is 14.4. The van der Waals surface area contributed by atoms with Crippen molar-refractivity contribution in [2.24, 2.45) is 52.3 Å². The van der Waals surface area contributed by atoms with E-state index in [-0.39, 0.29) is 50.5 Å². The van der Waals surface area contributed by atoms with Crippen LogP contribution in [0, 0.1) is 52.3 Å². The second kappa shape index (κ2) is 8.91. The molecule has 204 valence electrons. The van der Waals surface area contributed by atoms with Crippen LogP contribution < -0.4 is 0 Å². The van der Waals surface area contributed by atoms with Gasteiger partial charge in [-0.15, -0.1) is 0 Å². The zero-order chi connectivity index (χ0) is 25.8. The second-order valence-electron chi connectivity index (χ2n) is 13.9. The van der Waals surface area contributed by atoms with Crippen LogP contribution >= 0.6 is 31.9 Å².